The molecule has 42 heavy (non-hydrogen) atoms. The number of rotatable bonds is 5. The predicted molar refractivity (Wildman–Crippen MR) is 177 cm³/mol. The van der Waals surface area contributed by atoms with E-state index in [0.29, 0.717) is 0 Å². The van der Waals surface area contributed by atoms with Crippen LogP contribution >= 0.6 is 0 Å². The molecule has 0 saturated heterocycles. The first kappa shape index (κ1) is 24.2. The van der Waals surface area contributed by atoms with Gasteiger partial charge in [-0.25, -0.2) is 0 Å². The van der Waals surface area contributed by atoms with Crippen LogP contribution in [0.15, 0.2) is 168 Å². The number of benzene rings is 7. The van der Waals surface area contributed by atoms with E-state index in [1.807, 2.05) is 12.1 Å². The highest BCUT2D eigenvalue weighted by atomic mass is 16.3. The number of furan rings is 1. The fourth-order valence-corrected chi connectivity index (χ4v) is 6.03. The topological polar surface area (TPSA) is 16.4 Å². The molecule has 0 N–H and O–H groups in total. The molecule has 0 saturated carbocycles. The number of anilines is 3. The quantitative estimate of drug-likeness (QED) is 0.217. The van der Waals surface area contributed by atoms with E-state index < -0.39 is 0 Å². The molecule has 2 nitrogen and oxygen atoms in total. The summed E-state index contributed by atoms with van der Waals surface area (Å²) in [5, 5.41) is 4.72. The van der Waals surface area contributed by atoms with Crippen LogP contribution in [-0.2, 0) is 0 Å². The van der Waals surface area contributed by atoms with E-state index in [4.69, 9.17) is 4.42 Å². The molecule has 7 aromatic carbocycles. The standard InChI is InChI=1S/C40H27NO/c1-2-10-28(11-3-1)29-20-24-32(25-21-29)41(38-18-8-13-30-12-4-5-14-34(30)38)33-26-22-31(23-27-33)35-16-9-17-37-36-15-6-7-19-39(36)42-40(35)37/h1-27H. The van der Waals surface area contributed by atoms with E-state index in [1.54, 1.807) is 0 Å². The largest absolute Gasteiger partial charge is 0.455 e. The lowest BCUT2D eigenvalue weighted by molar-refractivity contribution is 0.670. The van der Waals surface area contributed by atoms with Crippen LogP contribution in [0.3, 0.4) is 0 Å². The summed E-state index contributed by atoms with van der Waals surface area (Å²) in [6.07, 6.45) is 0. The number of para-hydroxylation sites is 2. The van der Waals surface area contributed by atoms with Gasteiger partial charge in [0, 0.05) is 33.1 Å². The van der Waals surface area contributed by atoms with Crippen molar-refractivity contribution in [2.24, 2.45) is 0 Å². The Morgan fingerprint density at radius 2 is 0.952 bits per heavy atom. The van der Waals surface area contributed by atoms with Gasteiger partial charge < -0.3 is 9.32 Å². The molecule has 1 aromatic heterocycles. The first-order valence-corrected chi connectivity index (χ1v) is 14.3. The van der Waals surface area contributed by atoms with E-state index >= 15 is 0 Å². The summed E-state index contributed by atoms with van der Waals surface area (Å²) < 4.78 is 6.34. The molecular formula is C40H27NO. The molecule has 0 aliphatic carbocycles. The highest BCUT2D eigenvalue weighted by Crippen LogP contribution is 2.41. The Morgan fingerprint density at radius 1 is 0.381 bits per heavy atom. The molecule has 0 fully saturated rings. The second kappa shape index (κ2) is 10.1. The average molecular weight is 538 g/mol. The lowest BCUT2D eigenvalue weighted by Crippen LogP contribution is -2.10. The first-order valence-electron chi connectivity index (χ1n) is 14.3. The Bertz CT molecular complexity index is 2170. The van der Waals surface area contributed by atoms with Crippen molar-refractivity contribution in [2.45, 2.75) is 0 Å². The van der Waals surface area contributed by atoms with Crippen LogP contribution in [0.1, 0.15) is 0 Å². The third kappa shape index (κ3) is 4.13. The van der Waals surface area contributed by atoms with Gasteiger partial charge in [0.15, 0.2) is 0 Å². The monoisotopic (exact) mass is 537 g/mol. The summed E-state index contributed by atoms with van der Waals surface area (Å²) in [5.74, 6) is 0. The zero-order valence-corrected chi connectivity index (χ0v) is 22.9. The molecule has 0 atom stereocenters. The molecule has 1 heterocycles. The van der Waals surface area contributed by atoms with Gasteiger partial charge in [-0.15, -0.1) is 0 Å². The van der Waals surface area contributed by atoms with Crippen molar-refractivity contribution in [1.82, 2.24) is 0 Å². The fourth-order valence-electron chi connectivity index (χ4n) is 6.03. The zero-order chi connectivity index (χ0) is 27.9. The predicted octanol–water partition coefficient (Wildman–Crippen LogP) is 11.5. The van der Waals surface area contributed by atoms with Crippen LogP contribution in [0.2, 0.25) is 0 Å². The summed E-state index contributed by atoms with van der Waals surface area (Å²) in [6, 6.07) is 57.9. The molecule has 8 rings (SSSR count). The molecular weight excluding hydrogens is 510 g/mol. The minimum absolute atomic E-state index is 0.914. The molecule has 0 aliphatic rings. The number of hydrogen-bond acceptors (Lipinski definition) is 2. The highest BCUT2D eigenvalue weighted by molar-refractivity contribution is 6.09. The third-order valence-corrected chi connectivity index (χ3v) is 8.08. The number of hydrogen-bond donors (Lipinski definition) is 0. The average Bonchev–Trinajstić information content (AvgIpc) is 3.45. The van der Waals surface area contributed by atoms with Crippen LogP contribution in [0.25, 0.3) is 55.0 Å². The molecule has 0 bridgehead atoms. The molecule has 0 amide bonds. The van der Waals surface area contributed by atoms with Gasteiger partial charge in [-0.3, -0.25) is 0 Å². The Labute approximate surface area is 244 Å². The highest BCUT2D eigenvalue weighted by Gasteiger charge is 2.17. The molecule has 8 aromatic rings. The molecule has 0 aliphatic heterocycles. The van der Waals surface area contributed by atoms with Gasteiger partial charge in [0.25, 0.3) is 0 Å². The third-order valence-electron chi connectivity index (χ3n) is 8.08. The van der Waals surface area contributed by atoms with Crippen molar-refractivity contribution < 1.29 is 4.42 Å². The van der Waals surface area contributed by atoms with Crippen molar-refractivity contribution in [3.05, 3.63) is 164 Å². The van der Waals surface area contributed by atoms with Crippen molar-refractivity contribution in [3.63, 3.8) is 0 Å². The fraction of sp³-hybridized carbons (Fsp3) is 0. The summed E-state index contributed by atoms with van der Waals surface area (Å²) in [4.78, 5) is 2.35. The maximum absolute atomic E-state index is 6.34. The second-order valence-electron chi connectivity index (χ2n) is 10.6. The van der Waals surface area contributed by atoms with Crippen LogP contribution < -0.4 is 4.90 Å². The Balaban J connectivity index is 1.25. The smallest absolute Gasteiger partial charge is 0.143 e. The van der Waals surface area contributed by atoms with Gasteiger partial charge in [-0.2, -0.15) is 0 Å². The summed E-state index contributed by atoms with van der Waals surface area (Å²) >= 11 is 0. The van der Waals surface area contributed by atoms with Crippen molar-refractivity contribution in [1.29, 1.82) is 0 Å². The summed E-state index contributed by atoms with van der Waals surface area (Å²) in [7, 11) is 0. The maximum Gasteiger partial charge on any atom is 0.143 e. The molecule has 198 valence electrons. The summed E-state index contributed by atoms with van der Waals surface area (Å²) in [6.45, 7) is 0. The van der Waals surface area contributed by atoms with Gasteiger partial charge in [-0.05, 0) is 58.5 Å². The Kier molecular flexibility index (Phi) is 5.82. The van der Waals surface area contributed by atoms with E-state index in [1.165, 1.54) is 21.9 Å². The first-order chi connectivity index (χ1) is 20.8. The lowest BCUT2D eigenvalue weighted by Gasteiger charge is -2.27. The van der Waals surface area contributed by atoms with Gasteiger partial charge in [-0.1, -0.05) is 127 Å². The number of fused-ring (bicyclic) bond motifs is 4. The van der Waals surface area contributed by atoms with E-state index in [-0.39, 0.29) is 0 Å². The van der Waals surface area contributed by atoms with Crippen molar-refractivity contribution >= 4 is 49.8 Å². The minimum Gasteiger partial charge on any atom is -0.455 e. The van der Waals surface area contributed by atoms with Crippen LogP contribution in [0.5, 0.6) is 0 Å². The van der Waals surface area contributed by atoms with E-state index in [9.17, 15) is 0 Å². The minimum atomic E-state index is 0.914. The SMILES string of the molecule is c1ccc(-c2ccc(N(c3ccc(-c4cccc5c4oc4ccccc45)cc3)c3cccc4ccccc34)cc2)cc1. The van der Waals surface area contributed by atoms with Crippen LogP contribution in [0.4, 0.5) is 17.1 Å². The Hall–Kier alpha value is -5.60. The lowest BCUT2D eigenvalue weighted by atomic mass is 10.0. The second-order valence-corrected chi connectivity index (χ2v) is 10.6. The summed E-state index contributed by atoms with van der Waals surface area (Å²) in [5.41, 5.74) is 9.83. The van der Waals surface area contributed by atoms with Crippen LogP contribution in [0, 0.1) is 0 Å². The molecule has 0 radical (unpaired) electrons. The van der Waals surface area contributed by atoms with Gasteiger partial charge >= 0.3 is 0 Å². The van der Waals surface area contributed by atoms with Crippen molar-refractivity contribution in [2.75, 3.05) is 4.90 Å². The van der Waals surface area contributed by atoms with Gasteiger partial charge in [0.2, 0.25) is 0 Å². The molecule has 0 spiro atoms. The number of nitrogens with zero attached hydrogens (tertiary/aromatic N) is 1. The van der Waals surface area contributed by atoms with Gasteiger partial charge in [0.05, 0.1) is 5.69 Å². The molecule has 0 unspecified atom stereocenters. The Morgan fingerprint density at radius 3 is 1.74 bits per heavy atom. The normalized spacial score (nSPS) is 11.3. The van der Waals surface area contributed by atoms with E-state index in [0.717, 1.165) is 50.1 Å². The van der Waals surface area contributed by atoms with Gasteiger partial charge in [0.1, 0.15) is 11.2 Å². The van der Waals surface area contributed by atoms with Crippen LogP contribution in [-0.4, -0.2) is 0 Å². The zero-order valence-electron chi connectivity index (χ0n) is 22.9. The van der Waals surface area contributed by atoms with Crippen molar-refractivity contribution in [3.8, 4) is 22.3 Å². The molecule has 2 heteroatoms. The maximum atomic E-state index is 6.34. The van der Waals surface area contributed by atoms with E-state index in [2.05, 4.69) is 157 Å².